The SMILES string of the molecule is COc1ccc(C(=O)N(C)OC)nc1-c1ccc2c(c1)OC(F)(F)O2. The number of fused-ring (bicyclic) bond motifs is 1. The number of aromatic nitrogens is 1. The van der Waals surface area contributed by atoms with Gasteiger partial charge in [0.05, 0.1) is 14.2 Å². The van der Waals surface area contributed by atoms with E-state index >= 15 is 0 Å². The highest BCUT2D eigenvalue weighted by Gasteiger charge is 2.43. The summed E-state index contributed by atoms with van der Waals surface area (Å²) >= 11 is 0. The van der Waals surface area contributed by atoms with Crippen molar-refractivity contribution in [1.29, 1.82) is 0 Å². The fourth-order valence-electron chi connectivity index (χ4n) is 2.28. The van der Waals surface area contributed by atoms with Gasteiger partial charge in [-0.3, -0.25) is 9.63 Å². The lowest BCUT2D eigenvalue weighted by Crippen LogP contribution is -2.26. The van der Waals surface area contributed by atoms with Gasteiger partial charge in [-0.05, 0) is 30.3 Å². The molecule has 1 aliphatic rings. The van der Waals surface area contributed by atoms with Crippen LogP contribution in [0.5, 0.6) is 17.2 Å². The minimum atomic E-state index is -3.71. The van der Waals surface area contributed by atoms with Gasteiger partial charge in [0, 0.05) is 12.6 Å². The minimum Gasteiger partial charge on any atom is -0.494 e. The summed E-state index contributed by atoms with van der Waals surface area (Å²) in [5, 5.41) is 1.01. The molecule has 0 spiro atoms. The molecule has 0 saturated carbocycles. The summed E-state index contributed by atoms with van der Waals surface area (Å²) in [6, 6.07) is 7.22. The maximum Gasteiger partial charge on any atom is 0.586 e. The predicted molar refractivity (Wildman–Crippen MR) is 81.5 cm³/mol. The number of halogens is 2. The lowest BCUT2D eigenvalue weighted by atomic mass is 10.1. The Morgan fingerprint density at radius 2 is 1.88 bits per heavy atom. The molecule has 1 aromatic carbocycles. The van der Waals surface area contributed by atoms with Gasteiger partial charge in [0.1, 0.15) is 17.1 Å². The predicted octanol–water partition coefficient (Wildman–Crippen LogP) is 2.71. The summed E-state index contributed by atoms with van der Waals surface area (Å²) in [7, 11) is 4.22. The zero-order chi connectivity index (χ0) is 18.2. The van der Waals surface area contributed by atoms with Gasteiger partial charge >= 0.3 is 6.29 Å². The Morgan fingerprint density at radius 1 is 1.16 bits per heavy atom. The van der Waals surface area contributed by atoms with Gasteiger partial charge in [0.15, 0.2) is 11.5 Å². The van der Waals surface area contributed by atoms with Crippen LogP contribution in [-0.2, 0) is 4.84 Å². The number of hydroxylamine groups is 2. The van der Waals surface area contributed by atoms with E-state index in [9.17, 15) is 13.6 Å². The molecule has 2 aromatic rings. The van der Waals surface area contributed by atoms with Gasteiger partial charge in [0.2, 0.25) is 0 Å². The smallest absolute Gasteiger partial charge is 0.494 e. The fourth-order valence-corrected chi connectivity index (χ4v) is 2.28. The van der Waals surface area contributed by atoms with E-state index in [4.69, 9.17) is 9.57 Å². The van der Waals surface area contributed by atoms with Gasteiger partial charge in [-0.15, -0.1) is 8.78 Å². The largest absolute Gasteiger partial charge is 0.586 e. The third kappa shape index (κ3) is 3.18. The molecule has 0 fully saturated rings. The molecule has 3 rings (SSSR count). The Hall–Kier alpha value is -2.94. The van der Waals surface area contributed by atoms with Crippen LogP contribution < -0.4 is 14.2 Å². The van der Waals surface area contributed by atoms with E-state index in [1.54, 1.807) is 6.07 Å². The number of benzene rings is 1. The summed E-state index contributed by atoms with van der Waals surface area (Å²) in [5.74, 6) is -0.322. The van der Waals surface area contributed by atoms with Crippen LogP contribution in [0.15, 0.2) is 30.3 Å². The first-order valence-corrected chi connectivity index (χ1v) is 7.12. The monoisotopic (exact) mass is 352 g/mol. The van der Waals surface area contributed by atoms with Crippen molar-refractivity contribution >= 4 is 5.91 Å². The average molecular weight is 352 g/mol. The molecule has 7 nitrogen and oxygen atoms in total. The summed E-state index contributed by atoms with van der Waals surface area (Å²) in [6.45, 7) is 0. The van der Waals surface area contributed by atoms with Gasteiger partial charge in [0.25, 0.3) is 5.91 Å². The van der Waals surface area contributed by atoms with E-state index in [1.807, 2.05) is 0 Å². The highest BCUT2D eigenvalue weighted by Crippen LogP contribution is 2.43. The van der Waals surface area contributed by atoms with Gasteiger partial charge in [-0.1, -0.05) is 0 Å². The quantitative estimate of drug-likeness (QED) is 0.788. The van der Waals surface area contributed by atoms with Crippen molar-refractivity contribution < 1.29 is 32.6 Å². The second-order valence-electron chi connectivity index (χ2n) is 5.06. The molecule has 0 atom stereocenters. The topological polar surface area (TPSA) is 70.1 Å². The number of carbonyl (C=O) groups is 1. The first kappa shape index (κ1) is 16.9. The highest BCUT2D eigenvalue weighted by atomic mass is 19.3. The summed E-state index contributed by atoms with van der Waals surface area (Å²) in [6.07, 6.45) is -3.71. The number of carbonyl (C=O) groups excluding carboxylic acids is 1. The molecular weight excluding hydrogens is 338 g/mol. The van der Waals surface area contributed by atoms with E-state index in [1.165, 1.54) is 45.5 Å². The fraction of sp³-hybridized carbons (Fsp3) is 0.250. The summed E-state index contributed by atoms with van der Waals surface area (Å²) < 4.78 is 40.4. The van der Waals surface area contributed by atoms with Crippen LogP contribution in [0.4, 0.5) is 8.78 Å². The molecule has 0 aliphatic carbocycles. The van der Waals surface area contributed by atoms with E-state index in [0.29, 0.717) is 17.0 Å². The van der Waals surface area contributed by atoms with E-state index < -0.39 is 12.2 Å². The number of nitrogens with zero attached hydrogens (tertiary/aromatic N) is 2. The Bertz CT molecular complexity index is 828. The number of amides is 1. The Labute approximate surface area is 141 Å². The van der Waals surface area contributed by atoms with Crippen molar-refractivity contribution in [3.63, 3.8) is 0 Å². The molecule has 0 bridgehead atoms. The van der Waals surface area contributed by atoms with Crippen LogP contribution in [0.1, 0.15) is 10.5 Å². The zero-order valence-corrected chi connectivity index (χ0v) is 13.6. The van der Waals surface area contributed by atoms with Crippen molar-refractivity contribution in [2.75, 3.05) is 21.3 Å². The molecule has 9 heteroatoms. The number of alkyl halides is 2. The minimum absolute atomic E-state index is 0.0842. The van der Waals surface area contributed by atoms with Crippen LogP contribution >= 0.6 is 0 Å². The number of pyridine rings is 1. The maximum atomic E-state index is 13.2. The van der Waals surface area contributed by atoms with Crippen molar-refractivity contribution in [3.8, 4) is 28.5 Å². The lowest BCUT2D eigenvalue weighted by Gasteiger charge is -2.15. The second-order valence-corrected chi connectivity index (χ2v) is 5.06. The van der Waals surface area contributed by atoms with Gasteiger partial charge in [-0.2, -0.15) is 0 Å². The summed E-state index contributed by atoms with van der Waals surface area (Å²) in [4.78, 5) is 21.3. The van der Waals surface area contributed by atoms with Gasteiger partial charge in [-0.25, -0.2) is 10.0 Å². The Kier molecular flexibility index (Phi) is 4.17. The first-order chi connectivity index (χ1) is 11.8. The maximum absolute atomic E-state index is 13.2. The van der Waals surface area contributed by atoms with Gasteiger partial charge < -0.3 is 14.2 Å². The third-order valence-electron chi connectivity index (χ3n) is 3.53. The molecule has 132 valence electrons. The molecule has 25 heavy (non-hydrogen) atoms. The van der Waals surface area contributed by atoms with Crippen LogP contribution in [0.2, 0.25) is 0 Å². The second kappa shape index (κ2) is 6.17. The Balaban J connectivity index is 2.03. The third-order valence-corrected chi connectivity index (χ3v) is 3.53. The van der Waals surface area contributed by atoms with Crippen LogP contribution in [-0.4, -0.2) is 43.5 Å². The average Bonchev–Trinajstić information content (AvgIpc) is 2.92. The van der Waals surface area contributed by atoms with E-state index in [-0.39, 0.29) is 17.2 Å². The molecule has 1 aromatic heterocycles. The van der Waals surface area contributed by atoms with Crippen molar-refractivity contribution in [3.05, 3.63) is 36.0 Å². The molecule has 1 amide bonds. The van der Waals surface area contributed by atoms with Crippen molar-refractivity contribution in [2.45, 2.75) is 6.29 Å². The van der Waals surface area contributed by atoms with Crippen molar-refractivity contribution in [1.82, 2.24) is 10.0 Å². The number of rotatable bonds is 4. The molecule has 0 N–H and O–H groups in total. The highest BCUT2D eigenvalue weighted by molar-refractivity contribution is 5.92. The van der Waals surface area contributed by atoms with Crippen LogP contribution in [0, 0.1) is 0 Å². The normalized spacial score (nSPS) is 14.3. The molecule has 0 unspecified atom stereocenters. The number of hydrogen-bond donors (Lipinski definition) is 0. The first-order valence-electron chi connectivity index (χ1n) is 7.12. The van der Waals surface area contributed by atoms with Crippen LogP contribution in [0.3, 0.4) is 0 Å². The van der Waals surface area contributed by atoms with Crippen LogP contribution in [0.25, 0.3) is 11.3 Å². The number of ether oxygens (including phenoxy) is 3. The van der Waals surface area contributed by atoms with E-state index in [2.05, 4.69) is 14.5 Å². The lowest BCUT2D eigenvalue weighted by molar-refractivity contribution is -0.286. The number of hydrogen-bond acceptors (Lipinski definition) is 6. The molecule has 0 saturated heterocycles. The number of methoxy groups -OCH3 is 1. The molecular formula is C16H14F2N2O5. The molecule has 0 radical (unpaired) electrons. The van der Waals surface area contributed by atoms with Crippen molar-refractivity contribution in [2.24, 2.45) is 0 Å². The van der Waals surface area contributed by atoms with E-state index in [0.717, 1.165) is 5.06 Å². The standard InChI is InChI=1S/C16H14F2N2O5/c1-20(23-3)15(21)10-5-7-12(22-2)14(19-10)9-4-6-11-13(8-9)25-16(17,18)24-11/h4-8H,1-3H3. The summed E-state index contributed by atoms with van der Waals surface area (Å²) in [5.41, 5.74) is 0.814. The zero-order valence-electron chi connectivity index (χ0n) is 13.6. The molecule has 1 aliphatic heterocycles. The molecule has 2 heterocycles. The Morgan fingerprint density at radius 3 is 2.56 bits per heavy atom.